The van der Waals surface area contributed by atoms with Crippen LogP contribution in [0.2, 0.25) is 0 Å². The van der Waals surface area contributed by atoms with Crippen molar-refractivity contribution in [1.82, 2.24) is 9.55 Å². The maximum Gasteiger partial charge on any atom is 0.316 e. The third-order valence-corrected chi connectivity index (χ3v) is 4.67. The molecule has 1 aromatic rings. The molecule has 0 radical (unpaired) electrons. The van der Waals surface area contributed by atoms with Gasteiger partial charge in [0.1, 0.15) is 24.7 Å². The molecule has 110 valence electrons. The molecule has 0 bridgehead atoms. The van der Waals surface area contributed by atoms with E-state index < -0.39 is 24.5 Å². The van der Waals surface area contributed by atoms with E-state index in [0.29, 0.717) is 4.90 Å². The number of aliphatic hydroxyl groups is 2. The van der Waals surface area contributed by atoms with Crippen LogP contribution in [-0.4, -0.2) is 57.2 Å². The summed E-state index contributed by atoms with van der Waals surface area (Å²) in [6.45, 7) is -0.344. The van der Waals surface area contributed by atoms with Gasteiger partial charge < -0.3 is 25.4 Å². The molecule has 2 aliphatic rings. The van der Waals surface area contributed by atoms with Crippen molar-refractivity contribution in [2.24, 2.45) is 0 Å². The quantitative estimate of drug-likeness (QED) is 0.544. The highest BCUT2D eigenvalue weighted by Gasteiger charge is 2.52. The van der Waals surface area contributed by atoms with E-state index in [0.717, 1.165) is 0 Å². The lowest BCUT2D eigenvalue weighted by atomic mass is 10.1. The Morgan fingerprint density at radius 2 is 2.20 bits per heavy atom. The van der Waals surface area contributed by atoms with Gasteiger partial charge >= 0.3 is 11.6 Å². The molecule has 0 spiro atoms. The first-order valence-corrected chi connectivity index (χ1v) is 8.10. The molecular formula is C11H16N3O5S+. The minimum Gasteiger partial charge on any atom is -0.453 e. The van der Waals surface area contributed by atoms with Crippen molar-refractivity contribution in [1.29, 1.82) is 0 Å². The van der Waals surface area contributed by atoms with Gasteiger partial charge in [-0.25, -0.2) is 4.57 Å². The highest BCUT2D eigenvalue weighted by atomic mass is 32.2. The number of ether oxygens (including phenoxy) is 2. The summed E-state index contributed by atoms with van der Waals surface area (Å²) in [5, 5.41) is 19.1. The van der Waals surface area contributed by atoms with Gasteiger partial charge in [-0.3, -0.25) is 4.79 Å². The maximum absolute atomic E-state index is 12.5. The fraction of sp³-hybridized carbons (Fsp3) is 0.636. The van der Waals surface area contributed by atoms with Gasteiger partial charge in [0.15, 0.2) is 18.1 Å². The predicted octanol–water partition coefficient (Wildman–Crippen LogP) is -1.93. The van der Waals surface area contributed by atoms with Crippen molar-refractivity contribution in [3.05, 3.63) is 10.4 Å². The monoisotopic (exact) mass is 302 g/mol. The van der Waals surface area contributed by atoms with E-state index in [1.165, 1.54) is 4.57 Å². The zero-order valence-electron chi connectivity index (χ0n) is 11.0. The lowest BCUT2D eigenvalue weighted by Gasteiger charge is -2.14. The number of nitrogen functional groups attached to an aromatic ring is 1. The van der Waals surface area contributed by atoms with E-state index in [2.05, 4.69) is 4.98 Å². The fourth-order valence-corrected chi connectivity index (χ4v) is 3.44. The van der Waals surface area contributed by atoms with Crippen LogP contribution in [0.3, 0.4) is 0 Å². The average molecular weight is 302 g/mol. The van der Waals surface area contributed by atoms with Crippen LogP contribution < -0.4 is 16.0 Å². The molecule has 3 rings (SSSR count). The van der Waals surface area contributed by atoms with E-state index in [9.17, 15) is 9.90 Å². The molecule has 0 aliphatic carbocycles. The zero-order valence-corrected chi connectivity index (χ0v) is 11.8. The number of nitrogens with zero attached hydrogens (tertiary/aromatic N) is 2. The number of hydrogen-bond acceptors (Lipinski definition) is 7. The first kappa shape index (κ1) is 13.7. The van der Waals surface area contributed by atoms with Gasteiger partial charge in [-0.2, -0.15) is 4.98 Å². The molecule has 0 aromatic carbocycles. The smallest absolute Gasteiger partial charge is 0.316 e. The van der Waals surface area contributed by atoms with Crippen molar-refractivity contribution in [3.8, 4) is 6.01 Å². The van der Waals surface area contributed by atoms with Crippen LogP contribution in [-0.2, 0) is 15.6 Å². The normalized spacial score (nSPS) is 31.2. The highest BCUT2D eigenvalue weighted by molar-refractivity contribution is 7.95. The number of anilines is 1. The van der Waals surface area contributed by atoms with Crippen LogP contribution >= 0.6 is 0 Å². The van der Waals surface area contributed by atoms with Gasteiger partial charge in [0, 0.05) is 10.9 Å². The van der Waals surface area contributed by atoms with E-state index in [-0.39, 0.29) is 34.9 Å². The molecule has 4 unspecified atom stereocenters. The van der Waals surface area contributed by atoms with Crippen LogP contribution in [0.25, 0.3) is 0 Å². The summed E-state index contributed by atoms with van der Waals surface area (Å²) in [5.74, 6) is 0.141. The molecule has 8 nitrogen and oxygen atoms in total. The number of nitrogens with two attached hydrogens (primary N) is 1. The maximum atomic E-state index is 12.5. The van der Waals surface area contributed by atoms with Crippen LogP contribution in [0.5, 0.6) is 6.01 Å². The first-order chi connectivity index (χ1) is 9.45. The lowest BCUT2D eigenvalue weighted by molar-refractivity contribution is -0.0445. The van der Waals surface area contributed by atoms with Crippen LogP contribution in [0, 0.1) is 0 Å². The molecule has 4 atom stereocenters. The van der Waals surface area contributed by atoms with Gasteiger partial charge in [0.2, 0.25) is 0 Å². The van der Waals surface area contributed by atoms with E-state index >= 15 is 0 Å². The molecule has 0 amide bonds. The molecule has 1 saturated heterocycles. The molecule has 1 aromatic heterocycles. The Balaban J connectivity index is 2.11. The molecule has 1 fully saturated rings. The third kappa shape index (κ3) is 1.74. The molecule has 2 aliphatic heterocycles. The number of aliphatic hydroxyl groups excluding tert-OH is 2. The van der Waals surface area contributed by atoms with Crippen LogP contribution in [0.4, 0.5) is 5.82 Å². The van der Waals surface area contributed by atoms with Gasteiger partial charge in [-0.15, -0.1) is 0 Å². The minimum absolute atomic E-state index is 0.0483. The number of fused-ring (bicyclic) bond motifs is 3. The SMILES string of the molecule is C[S+](C)c1c(N)nc2n(c1=O)C1OC(CO)C(O)C1O2. The third-order valence-electron chi connectivity index (χ3n) is 3.46. The minimum atomic E-state index is -1.02. The summed E-state index contributed by atoms with van der Waals surface area (Å²) in [7, 11) is -0.365. The van der Waals surface area contributed by atoms with Gasteiger partial charge in [-0.1, -0.05) is 0 Å². The molecule has 3 heterocycles. The Morgan fingerprint density at radius 1 is 1.50 bits per heavy atom. The second-order valence-electron chi connectivity index (χ2n) is 4.92. The molecular weight excluding hydrogens is 286 g/mol. The van der Waals surface area contributed by atoms with E-state index in [4.69, 9.17) is 20.3 Å². The summed E-state index contributed by atoms with van der Waals surface area (Å²) in [6.07, 6.45) is 0.425. The van der Waals surface area contributed by atoms with Gasteiger partial charge in [-0.05, 0) is 0 Å². The van der Waals surface area contributed by atoms with Crippen molar-refractivity contribution in [2.75, 3.05) is 24.9 Å². The summed E-state index contributed by atoms with van der Waals surface area (Å²) in [6, 6.07) is 0.0483. The summed E-state index contributed by atoms with van der Waals surface area (Å²) < 4.78 is 12.2. The molecule has 20 heavy (non-hydrogen) atoms. The van der Waals surface area contributed by atoms with Gasteiger partial charge in [0.25, 0.3) is 4.90 Å². The molecule has 0 saturated carbocycles. The average Bonchev–Trinajstić information content (AvgIpc) is 2.86. The van der Waals surface area contributed by atoms with Crippen LogP contribution in [0.15, 0.2) is 9.69 Å². The first-order valence-electron chi connectivity index (χ1n) is 6.06. The lowest BCUT2D eigenvalue weighted by Crippen LogP contribution is -2.34. The summed E-state index contributed by atoms with van der Waals surface area (Å²) in [5.41, 5.74) is 5.47. The Bertz CT molecular complexity index is 604. The largest absolute Gasteiger partial charge is 0.453 e. The topological polar surface area (TPSA) is 120 Å². The van der Waals surface area contributed by atoms with E-state index in [1.807, 2.05) is 12.5 Å². The fourth-order valence-electron chi connectivity index (χ4n) is 2.53. The van der Waals surface area contributed by atoms with Crippen LogP contribution in [0.1, 0.15) is 6.23 Å². The van der Waals surface area contributed by atoms with Gasteiger partial charge in [0.05, 0.1) is 6.61 Å². The van der Waals surface area contributed by atoms with Crippen molar-refractivity contribution in [2.45, 2.75) is 29.4 Å². The second kappa shape index (κ2) is 4.62. The van der Waals surface area contributed by atoms with E-state index in [1.54, 1.807) is 0 Å². The molecule has 9 heteroatoms. The predicted molar refractivity (Wildman–Crippen MR) is 71.8 cm³/mol. The van der Waals surface area contributed by atoms with Crippen molar-refractivity contribution in [3.63, 3.8) is 0 Å². The standard InChI is InChI=1S/C11H15N3O5S/c1-20(2)7-8(12)13-11-14(9(7)17)10-6(19-11)5(16)4(3-15)18-10/h4-6,10,15-16H,3H2,1-2H3,(H-,12,17)/p+1. The molecule has 4 N–H and O–H groups in total. The second-order valence-corrected chi connectivity index (χ2v) is 6.96. The summed E-state index contributed by atoms with van der Waals surface area (Å²) >= 11 is 0. The Kier molecular flexibility index (Phi) is 3.16. The number of hydrogen-bond donors (Lipinski definition) is 3. The Morgan fingerprint density at radius 3 is 2.80 bits per heavy atom. The Labute approximate surface area is 117 Å². The number of aromatic nitrogens is 2. The van der Waals surface area contributed by atoms with Crippen molar-refractivity contribution >= 4 is 16.7 Å². The number of rotatable bonds is 2. The zero-order chi connectivity index (χ0) is 14.6. The highest BCUT2D eigenvalue weighted by Crippen LogP contribution is 2.39. The Hall–Kier alpha value is -1.29. The van der Waals surface area contributed by atoms with Crippen molar-refractivity contribution < 1.29 is 19.7 Å². The summed E-state index contributed by atoms with van der Waals surface area (Å²) in [4.78, 5) is 17.0.